The second-order valence-corrected chi connectivity index (χ2v) is 13.7. The standard InChI is InChI=1S/C32H37ClF3N7O6/c1-17-12-19(32(34,35)36)14-23(37-17)43-25(45)13-18-15-41(27-20(33)8-6-9-21(27)40(5)29(47)26(18)43)16-24(44)38-39-28(46)22-10-7-11-42(22)30(48)49-31(2,3)4/h6,8-9,12,14,18,22,26H,7,10-11,13,15-16H2,1-5H3,(H,38,44)(H,39,46)/t18-,22-,26+/m1/s1. The number of carbonyl (C=O) groups excluding carboxylic acids is 5. The molecule has 1 aromatic carbocycles. The molecular weight excluding hydrogens is 671 g/mol. The average Bonchev–Trinajstić information content (AvgIpc) is 3.61. The number of alkyl halides is 3. The van der Waals surface area contributed by atoms with Gasteiger partial charge in [0, 0.05) is 38.2 Å². The van der Waals surface area contributed by atoms with Gasteiger partial charge in [0.15, 0.2) is 0 Å². The zero-order valence-corrected chi connectivity index (χ0v) is 28.3. The van der Waals surface area contributed by atoms with Crippen LogP contribution < -0.4 is 25.6 Å². The SMILES string of the molecule is Cc1cc(C(F)(F)F)cc(N2C(=O)C[C@@H]3CN(CC(=O)NNC(=O)[C@H]4CCCN4C(=O)OC(C)(C)C)c4c(Cl)cccc4N(C)C(=O)[C@H]32)n1. The number of nitrogens with one attached hydrogen (secondary N) is 2. The Balaban J connectivity index is 1.39. The van der Waals surface area contributed by atoms with Crippen LogP contribution in [0.15, 0.2) is 30.3 Å². The van der Waals surface area contributed by atoms with Gasteiger partial charge in [-0.1, -0.05) is 17.7 Å². The van der Waals surface area contributed by atoms with Gasteiger partial charge < -0.3 is 14.5 Å². The molecule has 3 aliphatic rings. The number of halogens is 4. The maximum absolute atomic E-state index is 14.0. The van der Waals surface area contributed by atoms with Crippen LogP contribution in [0.4, 0.5) is 35.2 Å². The monoisotopic (exact) mass is 707 g/mol. The normalized spacial score (nSPS) is 21.2. The molecule has 0 spiro atoms. The van der Waals surface area contributed by atoms with E-state index in [0.717, 1.165) is 17.0 Å². The van der Waals surface area contributed by atoms with Crippen molar-refractivity contribution < 1.29 is 41.9 Å². The Hall–Kier alpha value is -4.60. The second kappa shape index (κ2) is 13.4. The van der Waals surface area contributed by atoms with Crippen LogP contribution in [0.25, 0.3) is 0 Å². The van der Waals surface area contributed by atoms with E-state index in [-0.39, 0.29) is 29.5 Å². The maximum Gasteiger partial charge on any atom is 0.416 e. The molecule has 0 aliphatic carbocycles. The van der Waals surface area contributed by atoms with Gasteiger partial charge in [-0.3, -0.25) is 39.8 Å². The van der Waals surface area contributed by atoms with Crippen LogP contribution in [0.2, 0.25) is 5.02 Å². The Kier molecular flexibility index (Phi) is 9.74. The number of likely N-dealkylation sites (tertiary alicyclic amines) is 1. The molecule has 5 amide bonds. The number of amides is 5. The van der Waals surface area contributed by atoms with Crippen LogP contribution >= 0.6 is 11.6 Å². The zero-order valence-electron chi connectivity index (χ0n) is 27.6. The summed E-state index contributed by atoms with van der Waals surface area (Å²) in [6.07, 6.45) is -4.66. The Morgan fingerprint density at radius 1 is 1.10 bits per heavy atom. The topological polar surface area (TPSA) is 144 Å². The molecule has 2 saturated heterocycles. The van der Waals surface area contributed by atoms with Gasteiger partial charge in [0.25, 0.3) is 11.8 Å². The largest absolute Gasteiger partial charge is 0.444 e. The van der Waals surface area contributed by atoms with Crippen LogP contribution in [0.5, 0.6) is 0 Å². The van der Waals surface area contributed by atoms with Crippen molar-refractivity contribution in [2.75, 3.05) is 41.4 Å². The number of aromatic nitrogens is 1. The molecule has 17 heteroatoms. The van der Waals surface area contributed by atoms with Crippen LogP contribution in [0.1, 0.15) is 51.3 Å². The van der Waals surface area contributed by atoms with E-state index in [9.17, 15) is 37.1 Å². The molecule has 3 atom stereocenters. The first-order valence-electron chi connectivity index (χ1n) is 15.6. The third-order valence-corrected chi connectivity index (χ3v) is 8.77. The third-order valence-electron chi connectivity index (χ3n) is 8.47. The van der Waals surface area contributed by atoms with Gasteiger partial charge in [0.1, 0.15) is 23.5 Å². The number of hydrogen-bond acceptors (Lipinski definition) is 8. The molecule has 13 nitrogen and oxygen atoms in total. The van der Waals surface area contributed by atoms with Gasteiger partial charge in [0.2, 0.25) is 11.8 Å². The minimum atomic E-state index is -4.71. The maximum atomic E-state index is 14.0. The summed E-state index contributed by atoms with van der Waals surface area (Å²) in [6, 6.07) is 4.24. The van der Waals surface area contributed by atoms with E-state index >= 15 is 0 Å². The number of rotatable bonds is 4. The fourth-order valence-electron chi connectivity index (χ4n) is 6.41. The summed E-state index contributed by atoms with van der Waals surface area (Å²) in [5.74, 6) is -3.57. The summed E-state index contributed by atoms with van der Waals surface area (Å²) in [6.45, 7) is 6.35. The number of benzene rings is 1. The molecule has 0 saturated carbocycles. The van der Waals surface area contributed by atoms with E-state index in [1.54, 1.807) is 43.9 Å². The highest BCUT2D eigenvalue weighted by atomic mass is 35.5. The molecule has 264 valence electrons. The van der Waals surface area contributed by atoms with E-state index in [1.165, 1.54) is 23.8 Å². The van der Waals surface area contributed by atoms with Crippen molar-refractivity contribution in [3.63, 3.8) is 0 Å². The average molecular weight is 708 g/mol. The molecule has 0 bridgehead atoms. The van der Waals surface area contributed by atoms with Crippen LogP contribution in [0, 0.1) is 12.8 Å². The second-order valence-electron chi connectivity index (χ2n) is 13.3. The van der Waals surface area contributed by atoms with Crippen molar-refractivity contribution in [1.82, 2.24) is 20.7 Å². The third kappa shape index (κ3) is 7.53. The Bertz CT molecular complexity index is 1680. The van der Waals surface area contributed by atoms with E-state index in [1.807, 2.05) is 0 Å². The first-order chi connectivity index (χ1) is 22.9. The summed E-state index contributed by atoms with van der Waals surface area (Å²) in [5.41, 5.74) is 3.58. The van der Waals surface area contributed by atoms with Crippen molar-refractivity contribution >= 4 is 58.5 Å². The van der Waals surface area contributed by atoms with Crippen molar-refractivity contribution in [3.05, 3.63) is 46.6 Å². The number of nitrogens with zero attached hydrogens (tertiary/aromatic N) is 5. The number of carbonyl (C=O) groups is 5. The highest BCUT2D eigenvalue weighted by molar-refractivity contribution is 6.34. The highest BCUT2D eigenvalue weighted by Gasteiger charge is 2.49. The van der Waals surface area contributed by atoms with Gasteiger partial charge in [-0.25, -0.2) is 9.78 Å². The molecule has 5 rings (SSSR count). The van der Waals surface area contributed by atoms with Crippen molar-refractivity contribution in [2.45, 2.75) is 70.8 Å². The summed E-state index contributed by atoms with van der Waals surface area (Å²) >= 11 is 6.61. The summed E-state index contributed by atoms with van der Waals surface area (Å²) in [7, 11) is 1.45. The van der Waals surface area contributed by atoms with E-state index in [4.69, 9.17) is 16.3 Å². The number of hydrazine groups is 1. The first-order valence-corrected chi connectivity index (χ1v) is 16.0. The number of pyridine rings is 1. The predicted molar refractivity (Wildman–Crippen MR) is 173 cm³/mol. The van der Waals surface area contributed by atoms with E-state index < -0.39 is 71.6 Å². The number of ether oxygens (including phenoxy) is 1. The van der Waals surface area contributed by atoms with Gasteiger partial charge in [-0.2, -0.15) is 13.2 Å². The summed E-state index contributed by atoms with van der Waals surface area (Å²) < 4.78 is 46.5. The van der Waals surface area contributed by atoms with E-state index in [0.29, 0.717) is 30.8 Å². The lowest BCUT2D eigenvalue weighted by molar-refractivity contribution is -0.137. The fraction of sp³-hybridized carbons (Fsp3) is 0.500. The number of fused-ring (bicyclic) bond motifs is 2. The van der Waals surface area contributed by atoms with Crippen LogP contribution in [-0.4, -0.2) is 84.0 Å². The number of hydrogen-bond donors (Lipinski definition) is 2. The highest BCUT2D eigenvalue weighted by Crippen LogP contribution is 2.43. The molecule has 2 fully saturated rings. The van der Waals surface area contributed by atoms with Gasteiger partial charge >= 0.3 is 12.3 Å². The van der Waals surface area contributed by atoms with Gasteiger partial charge in [-0.15, -0.1) is 0 Å². The van der Waals surface area contributed by atoms with Gasteiger partial charge in [-0.05, 0) is 64.8 Å². The Morgan fingerprint density at radius 2 is 1.82 bits per heavy atom. The molecule has 4 heterocycles. The molecular formula is C32H37ClF3N7O6. The molecule has 3 aliphatic heterocycles. The minimum Gasteiger partial charge on any atom is -0.444 e. The number of anilines is 3. The van der Waals surface area contributed by atoms with Crippen LogP contribution in [0.3, 0.4) is 0 Å². The van der Waals surface area contributed by atoms with Crippen molar-refractivity contribution in [2.24, 2.45) is 5.92 Å². The van der Waals surface area contributed by atoms with Crippen molar-refractivity contribution in [3.8, 4) is 0 Å². The molecule has 0 radical (unpaired) electrons. The van der Waals surface area contributed by atoms with Crippen LogP contribution in [-0.2, 0) is 30.1 Å². The Labute approximate surface area is 285 Å². The number of likely N-dealkylation sites (N-methyl/N-ethyl adjacent to an activating group) is 1. The number of aryl methyl sites for hydroxylation is 1. The zero-order chi connectivity index (χ0) is 36.0. The molecule has 0 unspecified atom stereocenters. The lowest BCUT2D eigenvalue weighted by atomic mass is 9.95. The number of para-hydroxylation sites is 1. The summed E-state index contributed by atoms with van der Waals surface area (Å²) in [4.78, 5) is 75.7. The first kappa shape index (κ1) is 35.7. The van der Waals surface area contributed by atoms with Crippen molar-refractivity contribution in [1.29, 1.82) is 0 Å². The molecule has 2 N–H and O–H groups in total. The molecule has 2 aromatic rings. The lowest BCUT2D eigenvalue weighted by Gasteiger charge is -2.38. The molecule has 49 heavy (non-hydrogen) atoms. The van der Waals surface area contributed by atoms with E-state index in [2.05, 4.69) is 15.8 Å². The fourth-order valence-corrected chi connectivity index (χ4v) is 6.70. The lowest BCUT2D eigenvalue weighted by Crippen LogP contribution is -2.55. The quantitative estimate of drug-likeness (QED) is 0.457. The molecule has 1 aromatic heterocycles. The van der Waals surface area contributed by atoms with Gasteiger partial charge in [0.05, 0.1) is 28.5 Å². The summed E-state index contributed by atoms with van der Waals surface area (Å²) in [5, 5.41) is 0.197. The Morgan fingerprint density at radius 3 is 2.49 bits per heavy atom. The predicted octanol–water partition coefficient (Wildman–Crippen LogP) is 3.81. The smallest absolute Gasteiger partial charge is 0.416 e. The minimum absolute atomic E-state index is 0.0111.